The Balaban J connectivity index is 2.12. The van der Waals surface area contributed by atoms with E-state index < -0.39 is 0 Å². The van der Waals surface area contributed by atoms with E-state index in [4.69, 9.17) is 9.84 Å². The lowest BCUT2D eigenvalue weighted by Gasteiger charge is -2.16. The molecule has 1 heterocycles. The molecule has 1 aliphatic heterocycles. The van der Waals surface area contributed by atoms with Crippen LogP contribution in [0, 0.1) is 5.92 Å². The number of nitrogens with one attached hydrogen (secondary N) is 1. The summed E-state index contributed by atoms with van der Waals surface area (Å²) in [7, 11) is 1.63. The second-order valence-corrected chi connectivity index (χ2v) is 3.85. The van der Waals surface area contributed by atoms with Crippen LogP contribution in [0.25, 0.3) is 0 Å². The van der Waals surface area contributed by atoms with Gasteiger partial charge in [0.1, 0.15) is 0 Å². The highest BCUT2D eigenvalue weighted by molar-refractivity contribution is 5.78. The molecule has 1 unspecified atom stereocenters. The predicted octanol–water partition coefficient (Wildman–Crippen LogP) is -0.937. The Hall–Kier alpha value is -0.650. The van der Waals surface area contributed by atoms with E-state index in [1.807, 2.05) is 0 Å². The summed E-state index contributed by atoms with van der Waals surface area (Å²) in [6, 6.07) is 0. The van der Waals surface area contributed by atoms with Crippen LogP contribution in [0.15, 0.2) is 0 Å². The molecule has 1 aliphatic rings. The molecule has 0 saturated carbocycles. The Morgan fingerprint density at radius 1 is 1.67 bits per heavy atom. The summed E-state index contributed by atoms with van der Waals surface area (Å²) in [6.45, 7) is 3.33. The van der Waals surface area contributed by atoms with E-state index in [-0.39, 0.29) is 18.4 Å². The standard InChI is InChI=1S/C10H20N2O3/c1-15-5-3-11-6-10(14)12-4-2-9(7-12)8-13/h9,11,13H,2-8H2,1H3. The van der Waals surface area contributed by atoms with Crippen LogP contribution in [-0.4, -0.2) is 62.4 Å². The Morgan fingerprint density at radius 3 is 3.07 bits per heavy atom. The summed E-state index contributed by atoms with van der Waals surface area (Å²) in [4.78, 5) is 13.4. The predicted molar refractivity (Wildman–Crippen MR) is 56.5 cm³/mol. The van der Waals surface area contributed by atoms with Crippen molar-refractivity contribution in [2.45, 2.75) is 6.42 Å². The van der Waals surface area contributed by atoms with Gasteiger partial charge in [-0.3, -0.25) is 4.79 Å². The molecule has 0 aromatic carbocycles. The number of aliphatic hydroxyl groups is 1. The largest absolute Gasteiger partial charge is 0.396 e. The SMILES string of the molecule is COCCNCC(=O)N1CCC(CO)C1. The zero-order valence-electron chi connectivity index (χ0n) is 9.24. The van der Waals surface area contributed by atoms with Gasteiger partial charge in [-0.15, -0.1) is 0 Å². The number of aliphatic hydroxyl groups excluding tert-OH is 1. The maximum atomic E-state index is 11.6. The van der Waals surface area contributed by atoms with E-state index in [2.05, 4.69) is 5.32 Å². The molecule has 0 aliphatic carbocycles. The van der Waals surface area contributed by atoms with Crippen molar-refractivity contribution in [3.05, 3.63) is 0 Å². The summed E-state index contributed by atoms with van der Waals surface area (Å²) in [5, 5.41) is 12.0. The molecule has 88 valence electrons. The van der Waals surface area contributed by atoms with Crippen LogP contribution < -0.4 is 5.32 Å². The third-order valence-corrected chi connectivity index (χ3v) is 2.66. The molecule has 1 rings (SSSR count). The van der Waals surface area contributed by atoms with Crippen LogP contribution >= 0.6 is 0 Å². The maximum absolute atomic E-state index is 11.6. The molecule has 0 bridgehead atoms. The van der Waals surface area contributed by atoms with Crippen LogP contribution in [0.2, 0.25) is 0 Å². The number of hydrogen-bond acceptors (Lipinski definition) is 4. The van der Waals surface area contributed by atoms with Gasteiger partial charge in [0.2, 0.25) is 5.91 Å². The number of methoxy groups -OCH3 is 1. The molecule has 0 spiro atoms. The number of hydrogen-bond donors (Lipinski definition) is 2. The van der Waals surface area contributed by atoms with Crippen LogP contribution in [0.5, 0.6) is 0 Å². The highest BCUT2D eigenvalue weighted by atomic mass is 16.5. The number of rotatable bonds is 6. The fourth-order valence-corrected chi connectivity index (χ4v) is 1.69. The zero-order valence-corrected chi connectivity index (χ0v) is 9.24. The normalized spacial score (nSPS) is 20.9. The summed E-state index contributed by atoms with van der Waals surface area (Å²) in [5.74, 6) is 0.384. The molecule has 2 N–H and O–H groups in total. The molecule has 0 radical (unpaired) electrons. The molecule has 0 aromatic heterocycles. The van der Waals surface area contributed by atoms with Gasteiger partial charge < -0.3 is 20.1 Å². The lowest BCUT2D eigenvalue weighted by atomic mass is 10.1. The summed E-state index contributed by atoms with van der Waals surface area (Å²) in [5.41, 5.74) is 0. The first-order valence-electron chi connectivity index (χ1n) is 5.36. The summed E-state index contributed by atoms with van der Waals surface area (Å²) >= 11 is 0. The Bertz CT molecular complexity index is 199. The minimum atomic E-state index is 0.113. The minimum absolute atomic E-state index is 0.113. The first kappa shape index (κ1) is 12.4. The molecule has 1 atom stereocenters. The molecular formula is C10H20N2O3. The third-order valence-electron chi connectivity index (χ3n) is 2.66. The number of carbonyl (C=O) groups is 1. The quantitative estimate of drug-likeness (QED) is 0.563. The van der Waals surface area contributed by atoms with E-state index in [1.54, 1.807) is 12.0 Å². The Labute approximate surface area is 90.4 Å². The average Bonchev–Trinajstić information content (AvgIpc) is 2.72. The molecule has 5 nitrogen and oxygen atoms in total. The lowest BCUT2D eigenvalue weighted by Crippen LogP contribution is -2.37. The van der Waals surface area contributed by atoms with Crippen molar-refractivity contribution in [1.82, 2.24) is 10.2 Å². The minimum Gasteiger partial charge on any atom is -0.396 e. The second kappa shape index (κ2) is 6.76. The summed E-state index contributed by atoms with van der Waals surface area (Å²) < 4.78 is 4.86. The van der Waals surface area contributed by atoms with Crippen molar-refractivity contribution in [2.75, 3.05) is 46.5 Å². The highest BCUT2D eigenvalue weighted by Gasteiger charge is 2.24. The molecular weight excluding hydrogens is 196 g/mol. The average molecular weight is 216 g/mol. The maximum Gasteiger partial charge on any atom is 0.236 e. The van der Waals surface area contributed by atoms with Crippen molar-refractivity contribution in [3.63, 3.8) is 0 Å². The summed E-state index contributed by atoms with van der Waals surface area (Å²) in [6.07, 6.45) is 0.917. The van der Waals surface area contributed by atoms with Crippen LogP contribution in [0.3, 0.4) is 0 Å². The van der Waals surface area contributed by atoms with E-state index in [9.17, 15) is 4.79 Å². The van der Waals surface area contributed by atoms with Crippen molar-refractivity contribution in [2.24, 2.45) is 5.92 Å². The molecule has 1 saturated heterocycles. The second-order valence-electron chi connectivity index (χ2n) is 3.85. The van der Waals surface area contributed by atoms with Gasteiger partial charge in [-0.1, -0.05) is 0 Å². The van der Waals surface area contributed by atoms with Gasteiger partial charge in [-0.05, 0) is 6.42 Å². The topological polar surface area (TPSA) is 61.8 Å². The molecule has 15 heavy (non-hydrogen) atoms. The first-order chi connectivity index (χ1) is 7.27. The Morgan fingerprint density at radius 2 is 2.47 bits per heavy atom. The third kappa shape index (κ3) is 4.15. The highest BCUT2D eigenvalue weighted by Crippen LogP contribution is 2.14. The van der Waals surface area contributed by atoms with Gasteiger partial charge in [0.25, 0.3) is 0 Å². The number of carbonyl (C=O) groups excluding carboxylic acids is 1. The fraction of sp³-hybridized carbons (Fsp3) is 0.900. The monoisotopic (exact) mass is 216 g/mol. The zero-order chi connectivity index (χ0) is 11.1. The molecule has 1 fully saturated rings. The smallest absolute Gasteiger partial charge is 0.236 e. The lowest BCUT2D eigenvalue weighted by molar-refractivity contribution is -0.129. The van der Waals surface area contributed by atoms with Gasteiger partial charge in [0.15, 0.2) is 0 Å². The van der Waals surface area contributed by atoms with Gasteiger partial charge in [0, 0.05) is 39.3 Å². The number of likely N-dealkylation sites (tertiary alicyclic amines) is 1. The van der Waals surface area contributed by atoms with Crippen LogP contribution in [0.1, 0.15) is 6.42 Å². The van der Waals surface area contributed by atoms with Crippen molar-refractivity contribution < 1.29 is 14.6 Å². The Kier molecular flexibility index (Phi) is 5.60. The number of amides is 1. The van der Waals surface area contributed by atoms with Gasteiger partial charge >= 0.3 is 0 Å². The number of ether oxygens (including phenoxy) is 1. The first-order valence-corrected chi connectivity index (χ1v) is 5.36. The molecule has 0 aromatic rings. The van der Waals surface area contributed by atoms with Crippen molar-refractivity contribution in [1.29, 1.82) is 0 Å². The van der Waals surface area contributed by atoms with E-state index in [1.165, 1.54) is 0 Å². The fourth-order valence-electron chi connectivity index (χ4n) is 1.69. The molecule has 5 heteroatoms. The molecule has 1 amide bonds. The number of nitrogens with zero attached hydrogens (tertiary/aromatic N) is 1. The van der Waals surface area contributed by atoms with Gasteiger partial charge in [0.05, 0.1) is 13.2 Å². The van der Waals surface area contributed by atoms with Gasteiger partial charge in [-0.2, -0.15) is 0 Å². The van der Waals surface area contributed by atoms with E-state index in [0.717, 1.165) is 13.0 Å². The van der Waals surface area contributed by atoms with Crippen molar-refractivity contribution >= 4 is 5.91 Å². The van der Waals surface area contributed by atoms with Crippen molar-refractivity contribution in [3.8, 4) is 0 Å². The van der Waals surface area contributed by atoms with Gasteiger partial charge in [-0.25, -0.2) is 0 Å². The van der Waals surface area contributed by atoms with Crippen LogP contribution in [0.4, 0.5) is 0 Å². The van der Waals surface area contributed by atoms with E-state index >= 15 is 0 Å². The van der Waals surface area contributed by atoms with Crippen LogP contribution in [-0.2, 0) is 9.53 Å². The van der Waals surface area contributed by atoms with E-state index in [0.29, 0.717) is 26.2 Å².